The van der Waals surface area contributed by atoms with Crippen LogP contribution >= 0.6 is 0 Å². The van der Waals surface area contributed by atoms with Crippen LogP contribution in [-0.4, -0.2) is 29.9 Å². The van der Waals surface area contributed by atoms with Crippen molar-refractivity contribution in [1.29, 1.82) is 0 Å². The Bertz CT molecular complexity index is 458. The number of hydrogen-bond donors (Lipinski definition) is 0. The van der Waals surface area contributed by atoms with Crippen LogP contribution in [0.4, 0.5) is 0 Å². The predicted octanol–water partition coefficient (Wildman–Crippen LogP) is 1.99. The summed E-state index contributed by atoms with van der Waals surface area (Å²) in [5, 5.41) is 0. The van der Waals surface area contributed by atoms with Crippen molar-refractivity contribution in [3.63, 3.8) is 0 Å². The van der Waals surface area contributed by atoms with Crippen molar-refractivity contribution in [2.45, 2.75) is 32.4 Å². The molecule has 0 bridgehead atoms. The van der Waals surface area contributed by atoms with Gasteiger partial charge in [0.05, 0.1) is 13.0 Å². The number of hydrogen-bond acceptors (Lipinski definition) is 3. The van der Waals surface area contributed by atoms with Gasteiger partial charge in [0.15, 0.2) is 0 Å². The lowest BCUT2D eigenvalue weighted by atomic mass is 9.99. The Balaban J connectivity index is 2.12. The van der Waals surface area contributed by atoms with E-state index in [9.17, 15) is 9.59 Å². The second-order valence-corrected chi connectivity index (χ2v) is 4.93. The van der Waals surface area contributed by atoms with Gasteiger partial charge in [-0.1, -0.05) is 30.3 Å². The van der Waals surface area contributed by atoms with E-state index in [4.69, 9.17) is 4.74 Å². The molecule has 2 rings (SSSR count). The van der Waals surface area contributed by atoms with Gasteiger partial charge in [0, 0.05) is 19.0 Å². The van der Waals surface area contributed by atoms with Gasteiger partial charge in [0.25, 0.3) is 0 Å². The van der Waals surface area contributed by atoms with Crippen LogP contribution in [0.3, 0.4) is 0 Å². The smallest absolute Gasteiger partial charge is 0.310 e. The van der Waals surface area contributed by atoms with Crippen LogP contribution in [0.5, 0.6) is 0 Å². The van der Waals surface area contributed by atoms with Gasteiger partial charge < -0.3 is 9.64 Å². The van der Waals surface area contributed by atoms with Crippen molar-refractivity contribution < 1.29 is 14.3 Å². The summed E-state index contributed by atoms with van der Waals surface area (Å²) in [6.45, 7) is 2.39. The largest absolute Gasteiger partial charge is 0.469 e. The Morgan fingerprint density at radius 3 is 2.74 bits per heavy atom. The Kier molecular flexibility index (Phi) is 4.20. The normalized spacial score (nSPS) is 20.4. The third-order valence-electron chi connectivity index (χ3n) is 3.72. The molecule has 4 heteroatoms. The van der Waals surface area contributed by atoms with Gasteiger partial charge in [-0.15, -0.1) is 0 Å². The van der Waals surface area contributed by atoms with Crippen LogP contribution in [0.25, 0.3) is 0 Å². The minimum absolute atomic E-state index is 0.0554. The molecule has 1 saturated heterocycles. The number of ether oxygens (including phenoxy) is 1. The summed E-state index contributed by atoms with van der Waals surface area (Å²) in [7, 11) is 1.39. The minimum atomic E-state index is -0.278. The number of rotatable bonds is 4. The van der Waals surface area contributed by atoms with E-state index in [0.717, 1.165) is 12.0 Å². The average molecular weight is 261 g/mol. The Morgan fingerprint density at radius 2 is 2.11 bits per heavy atom. The molecule has 1 aromatic carbocycles. The number of carbonyl (C=O) groups is 2. The van der Waals surface area contributed by atoms with E-state index < -0.39 is 0 Å². The van der Waals surface area contributed by atoms with Crippen LogP contribution in [0.15, 0.2) is 30.3 Å². The lowest BCUT2D eigenvalue weighted by molar-refractivity contribution is -0.147. The number of esters is 1. The number of benzene rings is 1. The number of amides is 1. The van der Waals surface area contributed by atoms with E-state index in [2.05, 4.69) is 0 Å². The Labute approximate surface area is 113 Å². The molecule has 0 unspecified atom stereocenters. The first-order chi connectivity index (χ1) is 9.13. The molecule has 1 amide bonds. The Hall–Kier alpha value is -1.84. The summed E-state index contributed by atoms with van der Waals surface area (Å²) in [5.41, 5.74) is 1.08. The molecule has 0 N–H and O–H groups in total. The molecular formula is C15H19NO3. The van der Waals surface area contributed by atoms with Crippen molar-refractivity contribution >= 4 is 11.9 Å². The van der Waals surface area contributed by atoms with Gasteiger partial charge >= 0.3 is 5.97 Å². The zero-order chi connectivity index (χ0) is 13.8. The maximum Gasteiger partial charge on any atom is 0.310 e. The standard InChI is InChI=1S/C15H19NO3/c1-11(15(18)19-2)13-8-9-14(17)16(13)10-12-6-4-3-5-7-12/h3-7,11,13H,8-10H2,1-2H3/t11-,13+/m0/s1. The van der Waals surface area contributed by atoms with Gasteiger partial charge in [-0.3, -0.25) is 9.59 Å². The van der Waals surface area contributed by atoms with E-state index in [1.807, 2.05) is 37.3 Å². The van der Waals surface area contributed by atoms with Crippen molar-refractivity contribution in [1.82, 2.24) is 4.90 Å². The highest BCUT2D eigenvalue weighted by Gasteiger charge is 2.37. The number of nitrogens with zero attached hydrogens (tertiary/aromatic N) is 1. The van der Waals surface area contributed by atoms with E-state index in [1.165, 1.54) is 7.11 Å². The van der Waals surface area contributed by atoms with Crippen molar-refractivity contribution in [2.24, 2.45) is 5.92 Å². The fourth-order valence-corrected chi connectivity index (χ4v) is 2.60. The fourth-order valence-electron chi connectivity index (χ4n) is 2.60. The molecular weight excluding hydrogens is 242 g/mol. The summed E-state index contributed by atoms with van der Waals surface area (Å²) in [5.74, 6) is -0.414. The molecule has 1 fully saturated rings. The maximum absolute atomic E-state index is 12.0. The number of methoxy groups -OCH3 is 1. The highest BCUT2D eigenvalue weighted by Crippen LogP contribution is 2.27. The molecule has 0 radical (unpaired) electrons. The summed E-state index contributed by atoms with van der Waals surface area (Å²) in [6.07, 6.45) is 1.24. The van der Waals surface area contributed by atoms with E-state index >= 15 is 0 Å². The highest BCUT2D eigenvalue weighted by molar-refractivity contribution is 5.81. The Morgan fingerprint density at radius 1 is 1.42 bits per heavy atom. The summed E-state index contributed by atoms with van der Waals surface area (Å²) < 4.78 is 4.78. The van der Waals surface area contributed by atoms with Crippen LogP contribution in [0.2, 0.25) is 0 Å². The summed E-state index contributed by atoms with van der Waals surface area (Å²) in [6, 6.07) is 9.78. The van der Waals surface area contributed by atoms with Gasteiger partial charge in [0.1, 0.15) is 0 Å². The van der Waals surface area contributed by atoms with Crippen molar-refractivity contribution in [3.05, 3.63) is 35.9 Å². The quantitative estimate of drug-likeness (QED) is 0.779. The molecule has 1 heterocycles. The lowest BCUT2D eigenvalue weighted by Gasteiger charge is -2.28. The van der Waals surface area contributed by atoms with Crippen molar-refractivity contribution in [2.75, 3.05) is 7.11 Å². The number of carbonyl (C=O) groups excluding carboxylic acids is 2. The molecule has 0 aliphatic carbocycles. The minimum Gasteiger partial charge on any atom is -0.469 e. The predicted molar refractivity (Wildman–Crippen MR) is 71.2 cm³/mol. The van der Waals surface area contributed by atoms with Crippen LogP contribution in [0.1, 0.15) is 25.3 Å². The highest BCUT2D eigenvalue weighted by atomic mass is 16.5. The third-order valence-corrected chi connectivity index (χ3v) is 3.72. The second-order valence-electron chi connectivity index (χ2n) is 4.93. The number of likely N-dealkylation sites (tertiary alicyclic amines) is 1. The average Bonchev–Trinajstić information content (AvgIpc) is 2.80. The molecule has 4 nitrogen and oxygen atoms in total. The first-order valence-corrected chi connectivity index (χ1v) is 6.54. The first-order valence-electron chi connectivity index (χ1n) is 6.54. The molecule has 1 aliphatic rings. The topological polar surface area (TPSA) is 46.6 Å². The molecule has 0 aromatic heterocycles. The zero-order valence-corrected chi connectivity index (χ0v) is 11.3. The molecule has 1 aromatic rings. The van der Waals surface area contributed by atoms with Crippen LogP contribution < -0.4 is 0 Å². The van der Waals surface area contributed by atoms with E-state index in [0.29, 0.717) is 13.0 Å². The zero-order valence-electron chi connectivity index (χ0n) is 11.3. The fraction of sp³-hybridized carbons (Fsp3) is 0.467. The molecule has 19 heavy (non-hydrogen) atoms. The molecule has 102 valence electrons. The monoisotopic (exact) mass is 261 g/mol. The molecule has 1 aliphatic heterocycles. The van der Waals surface area contributed by atoms with Gasteiger partial charge in [-0.2, -0.15) is 0 Å². The van der Waals surface area contributed by atoms with E-state index in [-0.39, 0.29) is 23.8 Å². The van der Waals surface area contributed by atoms with Crippen molar-refractivity contribution in [3.8, 4) is 0 Å². The molecule has 2 atom stereocenters. The SMILES string of the molecule is COC(=O)[C@@H](C)[C@H]1CCC(=O)N1Cc1ccccc1. The molecule has 0 saturated carbocycles. The molecule has 0 spiro atoms. The lowest BCUT2D eigenvalue weighted by Crippen LogP contribution is -2.40. The van der Waals surface area contributed by atoms with Crippen LogP contribution in [0, 0.1) is 5.92 Å². The first kappa shape index (κ1) is 13.6. The summed E-state index contributed by atoms with van der Waals surface area (Å²) >= 11 is 0. The second kappa shape index (κ2) is 5.87. The van der Waals surface area contributed by atoms with Gasteiger partial charge in [0.2, 0.25) is 5.91 Å². The van der Waals surface area contributed by atoms with E-state index in [1.54, 1.807) is 4.90 Å². The van der Waals surface area contributed by atoms with Crippen LogP contribution in [-0.2, 0) is 20.9 Å². The summed E-state index contributed by atoms with van der Waals surface area (Å²) in [4.78, 5) is 25.4. The van der Waals surface area contributed by atoms with Gasteiger partial charge in [-0.05, 0) is 18.9 Å². The van der Waals surface area contributed by atoms with Gasteiger partial charge in [-0.25, -0.2) is 0 Å². The maximum atomic E-state index is 12.0. The third kappa shape index (κ3) is 2.95.